The molecule has 1 fully saturated rings. The molecule has 0 saturated carbocycles. The zero-order valence-corrected chi connectivity index (χ0v) is 22.6. The maximum absolute atomic E-state index is 13.3. The summed E-state index contributed by atoms with van der Waals surface area (Å²) in [6, 6.07) is 4.37. The lowest BCUT2D eigenvalue weighted by atomic mass is 10.0. The number of benzene rings is 1. The van der Waals surface area contributed by atoms with Crippen molar-refractivity contribution in [3.05, 3.63) is 40.5 Å². The summed E-state index contributed by atoms with van der Waals surface area (Å²) in [5.74, 6) is -1.22. The first kappa shape index (κ1) is 29.7. The molecule has 0 N–H and O–H groups in total. The molecule has 11 heteroatoms. The highest BCUT2D eigenvalue weighted by Gasteiger charge is 2.39. The van der Waals surface area contributed by atoms with E-state index in [1.807, 2.05) is 4.90 Å². The van der Waals surface area contributed by atoms with Crippen molar-refractivity contribution in [1.29, 1.82) is 5.26 Å². The predicted molar refractivity (Wildman–Crippen MR) is 141 cm³/mol. The third-order valence-electron chi connectivity index (χ3n) is 7.08. The Morgan fingerprint density at radius 1 is 1.00 bits per heavy atom. The van der Waals surface area contributed by atoms with Crippen LogP contribution in [0.2, 0.25) is 0 Å². The molecule has 206 valence electrons. The summed E-state index contributed by atoms with van der Waals surface area (Å²) in [6.07, 6.45) is 3.28. The Bertz CT molecular complexity index is 1120. The van der Waals surface area contributed by atoms with Crippen LogP contribution in [0.1, 0.15) is 63.0 Å². The highest BCUT2D eigenvalue weighted by atomic mass is 32.2. The van der Waals surface area contributed by atoms with E-state index in [0.717, 1.165) is 75.8 Å². The zero-order chi connectivity index (χ0) is 27.9. The normalized spacial score (nSPS) is 16.9. The van der Waals surface area contributed by atoms with Gasteiger partial charge in [0.15, 0.2) is 0 Å². The first-order valence-electron chi connectivity index (χ1n) is 12.8. The number of anilines is 1. The summed E-state index contributed by atoms with van der Waals surface area (Å²) >= 11 is 1.25. The number of carbonyl (C=O) groups is 3. The molecule has 3 rings (SSSR count). The molecule has 1 saturated heterocycles. The van der Waals surface area contributed by atoms with Crippen molar-refractivity contribution in [2.45, 2.75) is 58.0 Å². The van der Waals surface area contributed by atoms with Crippen LogP contribution in [0.4, 0.5) is 23.7 Å². The molecular weight excluding hydrogens is 517 g/mol. The number of nitrogens with zero attached hydrogens (tertiary/aromatic N) is 4. The molecule has 0 atom stereocenters. The van der Waals surface area contributed by atoms with Gasteiger partial charge >= 0.3 is 6.18 Å². The summed E-state index contributed by atoms with van der Waals surface area (Å²) in [5, 5.41) is 9.12. The van der Waals surface area contributed by atoms with Crippen LogP contribution in [0.3, 0.4) is 0 Å². The number of alkyl halides is 3. The number of rotatable bonds is 10. The average Bonchev–Trinajstić information content (AvgIpc) is 3.11. The second-order valence-electron chi connectivity index (χ2n) is 9.56. The molecule has 0 radical (unpaired) electrons. The molecule has 0 spiro atoms. The number of thioether (sulfide) groups is 1. The number of imide groups is 1. The fourth-order valence-corrected chi connectivity index (χ4v) is 5.28. The van der Waals surface area contributed by atoms with Crippen molar-refractivity contribution in [1.82, 2.24) is 9.80 Å². The molecule has 2 aliphatic rings. The van der Waals surface area contributed by atoms with E-state index in [1.165, 1.54) is 30.8 Å². The van der Waals surface area contributed by atoms with Gasteiger partial charge in [-0.1, -0.05) is 37.4 Å². The summed E-state index contributed by atoms with van der Waals surface area (Å²) in [6.45, 7) is 5.92. The Morgan fingerprint density at radius 2 is 1.63 bits per heavy atom. The first-order chi connectivity index (χ1) is 18.1. The molecule has 0 aliphatic carbocycles. The maximum Gasteiger partial charge on any atom is 0.417 e. The second-order valence-corrected chi connectivity index (χ2v) is 10.3. The van der Waals surface area contributed by atoms with Crippen LogP contribution in [0.15, 0.2) is 29.3 Å². The van der Waals surface area contributed by atoms with Gasteiger partial charge in [0, 0.05) is 37.3 Å². The molecule has 7 nitrogen and oxygen atoms in total. The molecule has 3 amide bonds. The van der Waals surface area contributed by atoms with E-state index < -0.39 is 29.1 Å². The fourth-order valence-electron chi connectivity index (χ4n) is 4.84. The van der Waals surface area contributed by atoms with Crippen LogP contribution >= 0.6 is 11.8 Å². The van der Waals surface area contributed by atoms with Crippen LogP contribution in [0.5, 0.6) is 0 Å². The molecule has 2 aliphatic heterocycles. The minimum Gasteiger partial charge on any atom is -0.331 e. The van der Waals surface area contributed by atoms with Gasteiger partial charge in [-0.3, -0.25) is 19.3 Å². The Balaban J connectivity index is 1.40. The predicted octanol–water partition coefficient (Wildman–Crippen LogP) is 5.60. The summed E-state index contributed by atoms with van der Waals surface area (Å²) in [7, 11) is 0. The highest BCUT2D eigenvalue weighted by molar-refractivity contribution is 8.12. The average molecular weight is 551 g/mol. The van der Waals surface area contributed by atoms with E-state index >= 15 is 0 Å². The van der Waals surface area contributed by atoms with Crippen molar-refractivity contribution in [2.75, 3.05) is 43.9 Å². The van der Waals surface area contributed by atoms with Crippen molar-refractivity contribution in [3.63, 3.8) is 0 Å². The Hall–Kier alpha value is -2.84. The van der Waals surface area contributed by atoms with Crippen LogP contribution in [-0.4, -0.2) is 65.8 Å². The molecule has 38 heavy (non-hydrogen) atoms. The number of hydrogen-bond donors (Lipinski definition) is 0. The zero-order valence-electron chi connectivity index (χ0n) is 21.8. The number of piperazine rings is 1. The van der Waals surface area contributed by atoms with E-state index in [4.69, 9.17) is 5.26 Å². The molecule has 0 bridgehead atoms. The number of unbranched alkanes of at least 4 members (excludes halogenated alkanes) is 5. The van der Waals surface area contributed by atoms with Gasteiger partial charge < -0.3 is 4.90 Å². The van der Waals surface area contributed by atoms with E-state index in [-0.39, 0.29) is 16.5 Å². The molecule has 0 unspecified atom stereocenters. The third kappa shape index (κ3) is 7.17. The van der Waals surface area contributed by atoms with E-state index in [0.29, 0.717) is 24.5 Å². The van der Waals surface area contributed by atoms with Crippen molar-refractivity contribution in [2.24, 2.45) is 0 Å². The van der Waals surface area contributed by atoms with Gasteiger partial charge in [0.1, 0.15) is 0 Å². The fraction of sp³-hybridized carbons (Fsp3) is 0.556. The molecule has 1 aromatic rings. The van der Waals surface area contributed by atoms with Crippen LogP contribution in [-0.2, 0) is 15.8 Å². The summed E-state index contributed by atoms with van der Waals surface area (Å²) in [4.78, 5) is 42.5. The molecule has 1 aromatic carbocycles. The molecular formula is C27H33F3N4O3S. The standard InChI is InChI=1S/C27H33F3N4O3S/c1-19-22(9-7-5-3-4-6-8-12-32-13-15-33(16-14-32)26(37)38-2)25(36)34(24(19)35)21-11-10-20(18-31)23(17-21)27(28,29)30/h10-11,17H,3-9,12-16H2,1-2H3. The number of nitriles is 1. The molecule has 0 aromatic heterocycles. The molecule has 2 heterocycles. The maximum atomic E-state index is 13.3. The lowest BCUT2D eigenvalue weighted by molar-refractivity contribution is -0.138. The van der Waals surface area contributed by atoms with E-state index in [2.05, 4.69) is 4.90 Å². The Labute approximate surface area is 225 Å². The van der Waals surface area contributed by atoms with Gasteiger partial charge in [-0.05, 0) is 57.2 Å². The van der Waals surface area contributed by atoms with Crippen LogP contribution in [0, 0.1) is 11.3 Å². The quantitative estimate of drug-likeness (QED) is 0.279. The van der Waals surface area contributed by atoms with Gasteiger partial charge in [-0.25, -0.2) is 4.90 Å². The topological polar surface area (TPSA) is 84.7 Å². The Kier molecular flexibility index (Phi) is 10.4. The van der Waals surface area contributed by atoms with Gasteiger partial charge in [-0.15, -0.1) is 0 Å². The highest BCUT2D eigenvalue weighted by Crippen LogP contribution is 2.37. The monoisotopic (exact) mass is 550 g/mol. The third-order valence-corrected chi connectivity index (χ3v) is 7.69. The van der Waals surface area contributed by atoms with Crippen molar-refractivity contribution < 1.29 is 27.6 Å². The largest absolute Gasteiger partial charge is 0.417 e. The van der Waals surface area contributed by atoms with Gasteiger partial charge in [-0.2, -0.15) is 18.4 Å². The number of carbonyl (C=O) groups excluding carboxylic acids is 3. The summed E-state index contributed by atoms with van der Waals surface area (Å²) in [5.41, 5.74) is -1.31. The van der Waals surface area contributed by atoms with Gasteiger partial charge in [0.2, 0.25) is 0 Å². The number of halogens is 3. The number of amides is 3. The Morgan fingerprint density at radius 3 is 2.24 bits per heavy atom. The number of hydrogen-bond acceptors (Lipinski definition) is 6. The van der Waals surface area contributed by atoms with Crippen molar-refractivity contribution in [3.8, 4) is 6.07 Å². The van der Waals surface area contributed by atoms with Crippen LogP contribution in [0.25, 0.3) is 0 Å². The smallest absolute Gasteiger partial charge is 0.331 e. The minimum atomic E-state index is -4.78. The lowest BCUT2D eigenvalue weighted by Crippen LogP contribution is -2.47. The lowest BCUT2D eigenvalue weighted by Gasteiger charge is -2.34. The van der Waals surface area contributed by atoms with Gasteiger partial charge in [0.25, 0.3) is 17.1 Å². The van der Waals surface area contributed by atoms with E-state index in [9.17, 15) is 27.6 Å². The van der Waals surface area contributed by atoms with E-state index in [1.54, 1.807) is 6.26 Å². The summed E-state index contributed by atoms with van der Waals surface area (Å²) < 4.78 is 40.0. The SMILES string of the molecule is CSC(=O)N1CCN(CCCCCCCCC2=C(C)C(=O)N(c3ccc(C#N)c(C(F)(F)F)c3)C2=O)CC1. The van der Waals surface area contributed by atoms with Crippen molar-refractivity contribution >= 4 is 34.5 Å². The second kappa shape index (κ2) is 13.3. The first-order valence-corrected chi connectivity index (χ1v) is 14.1. The van der Waals surface area contributed by atoms with Crippen LogP contribution < -0.4 is 4.90 Å². The minimum absolute atomic E-state index is 0.136. The van der Waals surface area contributed by atoms with Gasteiger partial charge in [0.05, 0.1) is 22.9 Å².